The molecule has 0 bridgehead atoms. The number of aromatic nitrogens is 1. The quantitative estimate of drug-likeness (QED) is 0.920. The molecular formula is C15H17NO3. The summed E-state index contributed by atoms with van der Waals surface area (Å²) in [5.41, 5.74) is 1.20. The summed E-state index contributed by atoms with van der Waals surface area (Å²) in [5, 5.41) is 10.3. The number of fused-ring (bicyclic) bond motifs is 1. The fraction of sp³-hybridized carbons (Fsp3) is 0.333. The molecule has 4 nitrogen and oxygen atoms in total. The molecule has 0 saturated heterocycles. The lowest BCUT2D eigenvalue weighted by Gasteiger charge is -2.21. The Morgan fingerprint density at radius 3 is 2.58 bits per heavy atom. The van der Waals surface area contributed by atoms with Crippen LogP contribution in [0.4, 0.5) is 0 Å². The van der Waals surface area contributed by atoms with Gasteiger partial charge in [0.05, 0.1) is 18.3 Å². The van der Waals surface area contributed by atoms with E-state index in [-0.39, 0.29) is 0 Å². The Morgan fingerprint density at radius 1 is 1.32 bits per heavy atom. The SMILES string of the molecule is COc1ccc2cc(C)c(C(C)(C)C(=O)O)nc2c1. The van der Waals surface area contributed by atoms with E-state index < -0.39 is 11.4 Å². The van der Waals surface area contributed by atoms with Crippen LogP contribution in [0.25, 0.3) is 10.9 Å². The van der Waals surface area contributed by atoms with E-state index in [0.717, 1.165) is 16.5 Å². The molecule has 2 aromatic rings. The number of carboxylic acid groups (broad SMARTS) is 1. The average molecular weight is 259 g/mol. The lowest BCUT2D eigenvalue weighted by Crippen LogP contribution is -2.30. The van der Waals surface area contributed by atoms with Crippen molar-refractivity contribution in [2.45, 2.75) is 26.2 Å². The van der Waals surface area contributed by atoms with Crippen LogP contribution >= 0.6 is 0 Å². The Labute approximate surface area is 112 Å². The Morgan fingerprint density at radius 2 is 2.00 bits per heavy atom. The summed E-state index contributed by atoms with van der Waals surface area (Å²) in [6.07, 6.45) is 0. The van der Waals surface area contributed by atoms with Crippen LogP contribution in [0.2, 0.25) is 0 Å². The molecule has 4 heteroatoms. The van der Waals surface area contributed by atoms with Crippen molar-refractivity contribution in [3.63, 3.8) is 0 Å². The fourth-order valence-electron chi connectivity index (χ4n) is 2.11. The zero-order chi connectivity index (χ0) is 14.2. The molecule has 1 aromatic heterocycles. The summed E-state index contributed by atoms with van der Waals surface area (Å²) < 4.78 is 5.17. The molecule has 0 spiro atoms. The van der Waals surface area contributed by atoms with Gasteiger partial charge in [0.25, 0.3) is 0 Å². The van der Waals surface area contributed by atoms with Crippen LogP contribution in [0.15, 0.2) is 24.3 Å². The number of pyridine rings is 1. The molecule has 1 aromatic carbocycles. The number of methoxy groups -OCH3 is 1. The predicted molar refractivity (Wildman–Crippen MR) is 73.7 cm³/mol. The van der Waals surface area contributed by atoms with E-state index in [1.54, 1.807) is 21.0 Å². The molecular weight excluding hydrogens is 242 g/mol. The van der Waals surface area contributed by atoms with Gasteiger partial charge in [-0.3, -0.25) is 9.78 Å². The lowest BCUT2D eigenvalue weighted by molar-refractivity contribution is -0.142. The van der Waals surface area contributed by atoms with E-state index >= 15 is 0 Å². The molecule has 0 atom stereocenters. The maximum Gasteiger partial charge on any atom is 0.315 e. The van der Waals surface area contributed by atoms with E-state index in [2.05, 4.69) is 4.98 Å². The predicted octanol–water partition coefficient (Wildman–Crippen LogP) is 2.91. The topological polar surface area (TPSA) is 59.4 Å². The van der Waals surface area contributed by atoms with E-state index in [1.807, 2.05) is 31.2 Å². The van der Waals surface area contributed by atoms with Gasteiger partial charge in [0.2, 0.25) is 0 Å². The number of hydrogen-bond acceptors (Lipinski definition) is 3. The number of hydrogen-bond donors (Lipinski definition) is 1. The first-order valence-corrected chi connectivity index (χ1v) is 6.05. The third kappa shape index (κ3) is 2.26. The van der Waals surface area contributed by atoms with Crippen LogP contribution in [0.3, 0.4) is 0 Å². The van der Waals surface area contributed by atoms with E-state index in [0.29, 0.717) is 11.4 Å². The highest BCUT2D eigenvalue weighted by molar-refractivity contribution is 5.85. The molecule has 0 fully saturated rings. The highest BCUT2D eigenvalue weighted by atomic mass is 16.5. The fourth-order valence-corrected chi connectivity index (χ4v) is 2.11. The van der Waals surface area contributed by atoms with Gasteiger partial charge in [0.1, 0.15) is 11.2 Å². The van der Waals surface area contributed by atoms with Gasteiger partial charge in [0.15, 0.2) is 0 Å². The number of aryl methyl sites for hydroxylation is 1. The van der Waals surface area contributed by atoms with Crippen molar-refractivity contribution < 1.29 is 14.6 Å². The second-order valence-electron chi connectivity index (χ2n) is 5.14. The minimum atomic E-state index is -1.01. The van der Waals surface area contributed by atoms with Crippen LogP contribution in [0, 0.1) is 6.92 Å². The second-order valence-corrected chi connectivity index (χ2v) is 5.14. The van der Waals surface area contributed by atoms with Crippen LogP contribution < -0.4 is 4.74 Å². The summed E-state index contributed by atoms with van der Waals surface area (Å²) in [5.74, 6) is -0.173. The smallest absolute Gasteiger partial charge is 0.315 e. The van der Waals surface area contributed by atoms with Gasteiger partial charge in [-0.05, 0) is 44.5 Å². The summed E-state index contributed by atoms with van der Waals surface area (Å²) in [4.78, 5) is 15.9. The molecule has 1 N–H and O–H groups in total. The molecule has 0 aliphatic carbocycles. The van der Waals surface area contributed by atoms with Crippen molar-refractivity contribution in [3.05, 3.63) is 35.5 Å². The third-order valence-electron chi connectivity index (χ3n) is 3.34. The summed E-state index contributed by atoms with van der Waals surface area (Å²) in [6.45, 7) is 5.21. The molecule has 0 radical (unpaired) electrons. The van der Waals surface area contributed by atoms with Gasteiger partial charge in [0, 0.05) is 11.5 Å². The Hall–Kier alpha value is -2.10. The largest absolute Gasteiger partial charge is 0.497 e. The van der Waals surface area contributed by atoms with Crippen LogP contribution in [-0.4, -0.2) is 23.2 Å². The van der Waals surface area contributed by atoms with Crippen molar-refractivity contribution >= 4 is 16.9 Å². The van der Waals surface area contributed by atoms with Crippen molar-refractivity contribution in [2.75, 3.05) is 7.11 Å². The van der Waals surface area contributed by atoms with Crippen LogP contribution in [-0.2, 0) is 10.2 Å². The maximum atomic E-state index is 11.4. The van der Waals surface area contributed by atoms with E-state index in [4.69, 9.17) is 4.74 Å². The molecule has 0 amide bonds. The molecule has 0 aliphatic rings. The Kier molecular flexibility index (Phi) is 3.18. The first kappa shape index (κ1) is 13.3. The first-order chi connectivity index (χ1) is 8.86. The standard InChI is InChI=1S/C15H17NO3/c1-9-7-10-5-6-11(19-4)8-12(10)16-13(9)15(2,3)14(17)18/h5-8H,1-4H3,(H,17,18). The number of ether oxygens (including phenoxy) is 1. The van der Waals surface area contributed by atoms with E-state index in [9.17, 15) is 9.90 Å². The zero-order valence-corrected chi connectivity index (χ0v) is 11.5. The Bertz CT molecular complexity index is 647. The van der Waals surface area contributed by atoms with Gasteiger partial charge in [-0.2, -0.15) is 0 Å². The van der Waals surface area contributed by atoms with Crippen molar-refractivity contribution in [3.8, 4) is 5.75 Å². The number of carboxylic acids is 1. The average Bonchev–Trinajstić information content (AvgIpc) is 2.37. The van der Waals surface area contributed by atoms with Crippen LogP contribution in [0.1, 0.15) is 25.1 Å². The summed E-state index contributed by atoms with van der Waals surface area (Å²) in [6, 6.07) is 7.56. The molecule has 1 heterocycles. The number of rotatable bonds is 3. The normalized spacial score (nSPS) is 11.6. The molecule has 0 aliphatic heterocycles. The van der Waals surface area contributed by atoms with Gasteiger partial charge >= 0.3 is 5.97 Å². The highest BCUT2D eigenvalue weighted by Gasteiger charge is 2.32. The van der Waals surface area contributed by atoms with Gasteiger partial charge in [-0.1, -0.05) is 0 Å². The molecule has 0 saturated carbocycles. The lowest BCUT2D eigenvalue weighted by atomic mass is 9.86. The Balaban J connectivity index is 2.69. The van der Waals surface area contributed by atoms with Crippen LogP contribution in [0.5, 0.6) is 5.75 Å². The summed E-state index contributed by atoms with van der Waals surface area (Å²) in [7, 11) is 1.59. The summed E-state index contributed by atoms with van der Waals surface area (Å²) >= 11 is 0. The maximum absolute atomic E-state index is 11.4. The minimum Gasteiger partial charge on any atom is -0.497 e. The van der Waals surface area contributed by atoms with Gasteiger partial charge in [-0.25, -0.2) is 0 Å². The number of nitrogens with zero attached hydrogens (tertiary/aromatic N) is 1. The number of benzene rings is 1. The monoisotopic (exact) mass is 259 g/mol. The number of carbonyl (C=O) groups is 1. The van der Waals surface area contributed by atoms with E-state index in [1.165, 1.54) is 0 Å². The van der Waals surface area contributed by atoms with Gasteiger partial charge in [-0.15, -0.1) is 0 Å². The molecule has 2 rings (SSSR count). The van der Waals surface area contributed by atoms with Crippen molar-refractivity contribution in [1.82, 2.24) is 4.98 Å². The zero-order valence-electron chi connectivity index (χ0n) is 11.5. The third-order valence-corrected chi connectivity index (χ3v) is 3.34. The number of aliphatic carboxylic acids is 1. The second kappa shape index (κ2) is 4.53. The highest BCUT2D eigenvalue weighted by Crippen LogP contribution is 2.29. The van der Waals surface area contributed by atoms with Crippen molar-refractivity contribution in [2.24, 2.45) is 0 Å². The molecule has 19 heavy (non-hydrogen) atoms. The minimum absolute atomic E-state index is 0.584. The molecule has 0 unspecified atom stereocenters. The van der Waals surface area contributed by atoms with Crippen molar-refractivity contribution in [1.29, 1.82) is 0 Å². The first-order valence-electron chi connectivity index (χ1n) is 6.05. The van der Waals surface area contributed by atoms with Gasteiger partial charge < -0.3 is 9.84 Å². The molecule has 100 valence electrons.